The summed E-state index contributed by atoms with van der Waals surface area (Å²) in [7, 11) is 0. The third-order valence-corrected chi connectivity index (χ3v) is 4.46. The van der Waals surface area contributed by atoms with E-state index in [2.05, 4.69) is 48.9 Å². The molecule has 0 radical (unpaired) electrons. The Morgan fingerprint density at radius 1 is 0.714 bits per heavy atom. The summed E-state index contributed by atoms with van der Waals surface area (Å²) in [4.78, 5) is 0. The van der Waals surface area contributed by atoms with Crippen molar-refractivity contribution in [2.24, 2.45) is 0 Å². The topological polar surface area (TPSA) is 0 Å². The van der Waals surface area contributed by atoms with E-state index in [0.717, 1.165) is 5.33 Å². The maximum Gasteiger partial charge on any atom is 0.0214 e. The number of hydrogen-bond donors (Lipinski definition) is 0. The van der Waals surface area contributed by atoms with Crippen LogP contribution in [0.5, 0.6) is 0 Å². The van der Waals surface area contributed by atoms with Crippen LogP contribution in [-0.4, -0.2) is 5.33 Å². The number of allylic oxidation sites excluding steroid dienone is 4. The molecule has 0 aliphatic rings. The largest absolute Gasteiger partial charge is 0.0883 e. The van der Waals surface area contributed by atoms with E-state index in [1.807, 2.05) is 0 Å². The quantitative estimate of drug-likeness (QED) is 0.168. The van der Waals surface area contributed by atoms with Gasteiger partial charge in [-0.1, -0.05) is 97.5 Å². The number of alkyl halides is 1. The lowest BCUT2D eigenvalue weighted by Gasteiger charge is -2.04. The van der Waals surface area contributed by atoms with Gasteiger partial charge in [0.1, 0.15) is 0 Å². The molecule has 1 heteroatoms. The first-order valence-corrected chi connectivity index (χ1v) is 10.2. The third-order valence-electron chi connectivity index (χ3n) is 4.13. The summed E-state index contributed by atoms with van der Waals surface area (Å²) in [6.45, 7) is 6.81. The zero-order chi connectivity index (χ0) is 15.8. The highest BCUT2D eigenvalue weighted by molar-refractivity contribution is 9.09. The molecule has 0 spiro atoms. The highest BCUT2D eigenvalue weighted by Crippen LogP contribution is 2.14. The normalized spacial score (nSPS) is 13.0. The van der Waals surface area contributed by atoms with Crippen LogP contribution in [0.1, 0.15) is 97.8 Å². The van der Waals surface area contributed by atoms with Gasteiger partial charge in [-0.3, -0.25) is 0 Å². The Balaban J connectivity index is 3.40. The molecule has 0 nitrogen and oxygen atoms in total. The molecular weight excluding hydrogens is 320 g/mol. The lowest BCUT2D eigenvalue weighted by atomic mass is 10.0. The van der Waals surface area contributed by atoms with Crippen molar-refractivity contribution < 1.29 is 0 Å². The minimum Gasteiger partial charge on any atom is -0.0883 e. The minimum atomic E-state index is 0.986. The predicted molar refractivity (Wildman–Crippen MR) is 102 cm³/mol. The van der Waals surface area contributed by atoms with Crippen LogP contribution in [-0.2, 0) is 0 Å². The first-order chi connectivity index (χ1) is 10.2. The van der Waals surface area contributed by atoms with Crippen LogP contribution in [0.2, 0.25) is 0 Å². The fraction of sp³-hybridized carbons (Fsp3) is 0.800. The summed E-state index contributed by atoms with van der Waals surface area (Å²) >= 11 is 3.45. The number of hydrogen-bond acceptors (Lipinski definition) is 0. The van der Waals surface area contributed by atoms with Crippen molar-refractivity contribution in [1.29, 1.82) is 0 Å². The Bertz CT molecular complexity index is 276. The van der Waals surface area contributed by atoms with Gasteiger partial charge in [0.25, 0.3) is 0 Å². The molecule has 21 heavy (non-hydrogen) atoms. The summed E-state index contributed by atoms with van der Waals surface area (Å²) in [5, 5.41) is 0.986. The summed E-state index contributed by atoms with van der Waals surface area (Å²) in [6, 6.07) is 0. The Kier molecular flexibility index (Phi) is 16.3. The van der Waals surface area contributed by atoms with Crippen molar-refractivity contribution >= 4 is 15.9 Å². The highest BCUT2D eigenvalue weighted by atomic mass is 79.9. The van der Waals surface area contributed by atoms with Gasteiger partial charge in [0.05, 0.1) is 0 Å². The zero-order valence-electron chi connectivity index (χ0n) is 14.7. The minimum absolute atomic E-state index is 0.986. The van der Waals surface area contributed by atoms with E-state index in [4.69, 9.17) is 0 Å². The van der Waals surface area contributed by atoms with Gasteiger partial charge in [-0.05, 0) is 39.5 Å². The van der Waals surface area contributed by atoms with Gasteiger partial charge >= 0.3 is 0 Å². The van der Waals surface area contributed by atoms with Gasteiger partial charge < -0.3 is 0 Å². The average Bonchev–Trinajstić information content (AvgIpc) is 2.46. The lowest BCUT2D eigenvalue weighted by molar-refractivity contribution is 0.564. The molecule has 0 aromatic heterocycles. The first-order valence-electron chi connectivity index (χ1n) is 9.08. The van der Waals surface area contributed by atoms with Crippen molar-refractivity contribution in [2.75, 3.05) is 5.33 Å². The Hall–Kier alpha value is -0.0400. The van der Waals surface area contributed by atoms with E-state index in [1.165, 1.54) is 82.6 Å². The van der Waals surface area contributed by atoms with Gasteiger partial charge in [-0.2, -0.15) is 0 Å². The molecule has 0 aromatic rings. The predicted octanol–water partition coefficient (Wildman–Crippen LogP) is 7.98. The van der Waals surface area contributed by atoms with E-state index in [0.29, 0.717) is 0 Å². The fourth-order valence-electron chi connectivity index (χ4n) is 2.60. The van der Waals surface area contributed by atoms with Gasteiger partial charge in [-0.25, -0.2) is 0 Å². The molecule has 0 fully saturated rings. The van der Waals surface area contributed by atoms with Crippen molar-refractivity contribution in [3.05, 3.63) is 23.3 Å². The molecular formula is C20H37Br. The lowest BCUT2D eigenvalue weighted by Crippen LogP contribution is -1.84. The van der Waals surface area contributed by atoms with E-state index in [9.17, 15) is 0 Å². The molecule has 0 bridgehead atoms. The zero-order valence-corrected chi connectivity index (χ0v) is 16.3. The van der Waals surface area contributed by atoms with Crippen molar-refractivity contribution in [3.8, 4) is 0 Å². The molecule has 0 amide bonds. The van der Waals surface area contributed by atoms with E-state index in [1.54, 1.807) is 5.57 Å². The van der Waals surface area contributed by atoms with Crippen molar-refractivity contribution in [3.63, 3.8) is 0 Å². The second-order valence-corrected chi connectivity index (χ2v) is 7.02. The maximum atomic E-state index is 3.45. The third kappa shape index (κ3) is 16.2. The fourth-order valence-corrected chi connectivity index (χ4v) is 3.15. The molecule has 0 saturated carbocycles. The van der Waals surface area contributed by atoms with E-state index >= 15 is 0 Å². The molecule has 0 saturated heterocycles. The highest BCUT2D eigenvalue weighted by Gasteiger charge is 1.94. The second kappa shape index (κ2) is 16.3. The average molecular weight is 357 g/mol. The SMILES string of the molecule is CCCCCCCCCCC/C(C)=C/CC/C(C)=C/CBr. The molecule has 124 valence electrons. The summed E-state index contributed by atoms with van der Waals surface area (Å²) in [5.74, 6) is 0. The molecule has 0 N–H and O–H groups in total. The number of unbranched alkanes of at least 4 members (excludes halogenated alkanes) is 8. The van der Waals surface area contributed by atoms with Gasteiger partial charge in [0.15, 0.2) is 0 Å². The smallest absolute Gasteiger partial charge is 0.0214 e. The van der Waals surface area contributed by atoms with Crippen LogP contribution in [0.4, 0.5) is 0 Å². The molecule has 0 aliphatic carbocycles. The van der Waals surface area contributed by atoms with Crippen LogP contribution in [0, 0.1) is 0 Å². The molecule has 0 rings (SSSR count). The standard InChI is InChI=1S/C20H37Br/c1-4-5-6-7-8-9-10-11-12-14-19(2)15-13-16-20(3)17-18-21/h15,17H,4-14,16,18H2,1-3H3/b19-15+,20-17+. The molecule has 0 heterocycles. The van der Waals surface area contributed by atoms with Gasteiger partial charge in [0, 0.05) is 5.33 Å². The Morgan fingerprint density at radius 2 is 1.24 bits per heavy atom. The molecule has 0 aliphatic heterocycles. The van der Waals surface area contributed by atoms with Crippen LogP contribution >= 0.6 is 15.9 Å². The van der Waals surface area contributed by atoms with Crippen LogP contribution in [0.3, 0.4) is 0 Å². The Morgan fingerprint density at radius 3 is 1.81 bits per heavy atom. The summed E-state index contributed by atoms with van der Waals surface area (Å²) in [5.41, 5.74) is 3.09. The summed E-state index contributed by atoms with van der Waals surface area (Å²) < 4.78 is 0. The van der Waals surface area contributed by atoms with Crippen LogP contribution in [0.25, 0.3) is 0 Å². The molecule has 0 aromatic carbocycles. The molecule has 0 atom stereocenters. The number of rotatable bonds is 14. The van der Waals surface area contributed by atoms with Crippen LogP contribution in [0.15, 0.2) is 23.3 Å². The summed E-state index contributed by atoms with van der Waals surface area (Å²) in [6.07, 6.45) is 21.2. The molecule has 0 unspecified atom stereocenters. The first kappa shape index (κ1) is 21.0. The van der Waals surface area contributed by atoms with Gasteiger partial charge in [-0.15, -0.1) is 0 Å². The second-order valence-electron chi connectivity index (χ2n) is 6.37. The van der Waals surface area contributed by atoms with Crippen molar-refractivity contribution in [1.82, 2.24) is 0 Å². The maximum absolute atomic E-state index is 3.45. The van der Waals surface area contributed by atoms with Crippen LogP contribution < -0.4 is 0 Å². The van der Waals surface area contributed by atoms with Crippen molar-refractivity contribution in [2.45, 2.75) is 97.8 Å². The van der Waals surface area contributed by atoms with E-state index in [-0.39, 0.29) is 0 Å². The van der Waals surface area contributed by atoms with E-state index < -0.39 is 0 Å². The number of halogens is 1. The monoisotopic (exact) mass is 356 g/mol. The van der Waals surface area contributed by atoms with Gasteiger partial charge in [0.2, 0.25) is 0 Å². The Labute approximate surface area is 142 Å².